The fraction of sp³-hybridized carbons (Fsp3) is 0.433. The molecule has 0 radical (unpaired) electrons. The Bertz CT molecular complexity index is 1210. The molecule has 37 heavy (non-hydrogen) atoms. The number of rotatable bonds is 9. The molecule has 0 bridgehead atoms. The maximum absolute atomic E-state index is 14.8. The van der Waals surface area contributed by atoms with Crippen LogP contribution in [0.3, 0.4) is 0 Å². The van der Waals surface area contributed by atoms with Gasteiger partial charge in [-0.15, -0.1) is 0 Å². The molecule has 1 saturated carbocycles. The van der Waals surface area contributed by atoms with Crippen LogP contribution in [-0.4, -0.2) is 43.2 Å². The van der Waals surface area contributed by atoms with Crippen molar-refractivity contribution in [1.82, 2.24) is 10.2 Å². The number of ether oxygens (including phenoxy) is 2. The number of hydrogen-bond donors (Lipinski definition) is 2. The van der Waals surface area contributed by atoms with Gasteiger partial charge in [0.25, 0.3) is 0 Å². The lowest BCUT2D eigenvalue weighted by molar-refractivity contribution is 0.183. The molecule has 7 heteroatoms. The molecule has 0 spiro atoms. The number of halogens is 1. The van der Waals surface area contributed by atoms with Crippen LogP contribution < -0.4 is 20.1 Å². The van der Waals surface area contributed by atoms with Crippen molar-refractivity contribution in [3.63, 3.8) is 0 Å². The molecule has 2 aliphatic rings. The quantitative estimate of drug-likeness (QED) is 0.349. The first-order chi connectivity index (χ1) is 18.2. The van der Waals surface area contributed by atoms with Gasteiger partial charge in [0.1, 0.15) is 30.5 Å². The summed E-state index contributed by atoms with van der Waals surface area (Å²) < 4.78 is 26.6. The molecule has 1 heterocycles. The number of fused-ring (bicyclic) bond motifs is 1. The molecular weight excluding hydrogens is 469 g/mol. The lowest BCUT2D eigenvalue weighted by Crippen LogP contribution is -2.36. The van der Waals surface area contributed by atoms with Crippen molar-refractivity contribution < 1.29 is 18.7 Å². The highest BCUT2D eigenvalue weighted by molar-refractivity contribution is 6.03. The Morgan fingerprint density at radius 3 is 2.49 bits per heavy atom. The van der Waals surface area contributed by atoms with Crippen LogP contribution in [0.1, 0.15) is 50.5 Å². The lowest BCUT2D eigenvalue weighted by atomic mass is 10.1. The highest BCUT2D eigenvalue weighted by atomic mass is 19.1. The van der Waals surface area contributed by atoms with Gasteiger partial charge in [-0.25, -0.2) is 9.18 Å². The smallest absolute Gasteiger partial charge is 0.319 e. The van der Waals surface area contributed by atoms with Crippen LogP contribution in [0.5, 0.6) is 11.5 Å². The summed E-state index contributed by atoms with van der Waals surface area (Å²) in [4.78, 5) is 14.9. The SMILES string of the molecule is O=C(Nc1ccc(OCc2ccc(OCCN3CCCCC3)cc2F)c2ccccc12)NC1CCCC1. The number of amides is 2. The Morgan fingerprint density at radius 2 is 1.70 bits per heavy atom. The topological polar surface area (TPSA) is 62.8 Å². The predicted molar refractivity (Wildman–Crippen MR) is 145 cm³/mol. The molecular formula is C30H36FN3O3. The Kier molecular flexibility index (Phi) is 8.41. The minimum absolute atomic E-state index is 0.0961. The van der Waals surface area contributed by atoms with Crippen LogP contribution in [0.25, 0.3) is 10.8 Å². The van der Waals surface area contributed by atoms with Crippen molar-refractivity contribution in [3.8, 4) is 11.5 Å². The van der Waals surface area contributed by atoms with Gasteiger partial charge in [-0.1, -0.05) is 43.5 Å². The van der Waals surface area contributed by atoms with E-state index >= 15 is 0 Å². The van der Waals surface area contributed by atoms with Gasteiger partial charge in [-0.3, -0.25) is 4.90 Å². The Labute approximate surface area is 218 Å². The van der Waals surface area contributed by atoms with E-state index in [2.05, 4.69) is 15.5 Å². The molecule has 6 nitrogen and oxygen atoms in total. The number of nitrogens with zero attached hydrogens (tertiary/aromatic N) is 1. The van der Waals surface area contributed by atoms with Crippen molar-refractivity contribution in [2.75, 3.05) is 31.6 Å². The first-order valence-corrected chi connectivity index (χ1v) is 13.5. The molecule has 2 fully saturated rings. The number of likely N-dealkylation sites (tertiary alicyclic amines) is 1. The van der Waals surface area contributed by atoms with Crippen molar-refractivity contribution in [3.05, 3.63) is 66.0 Å². The van der Waals surface area contributed by atoms with Crippen LogP contribution in [0.2, 0.25) is 0 Å². The van der Waals surface area contributed by atoms with Crippen molar-refractivity contribution in [2.24, 2.45) is 0 Å². The normalized spacial score (nSPS) is 16.6. The zero-order valence-corrected chi connectivity index (χ0v) is 21.3. The second kappa shape index (κ2) is 12.3. The number of hydrogen-bond acceptors (Lipinski definition) is 4. The number of carbonyl (C=O) groups excluding carboxylic acids is 1. The summed E-state index contributed by atoms with van der Waals surface area (Å²) in [5.41, 5.74) is 1.18. The highest BCUT2D eigenvalue weighted by Gasteiger charge is 2.18. The average molecular weight is 506 g/mol. The molecule has 0 atom stereocenters. The third kappa shape index (κ3) is 6.72. The summed E-state index contributed by atoms with van der Waals surface area (Å²) in [5, 5.41) is 7.78. The number of benzene rings is 3. The van der Waals surface area contributed by atoms with Gasteiger partial charge in [0.2, 0.25) is 0 Å². The van der Waals surface area contributed by atoms with E-state index in [9.17, 15) is 9.18 Å². The second-order valence-electron chi connectivity index (χ2n) is 10.0. The third-order valence-corrected chi connectivity index (χ3v) is 7.36. The van der Waals surface area contributed by atoms with Gasteiger partial charge in [-0.2, -0.15) is 0 Å². The number of carbonyl (C=O) groups is 1. The summed E-state index contributed by atoms with van der Waals surface area (Å²) in [5.74, 6) is 0.829. The molecule has 2 N–H and O–H groups in total. The standard InChI is InChI=1S/C30H36FN3O3/c31-27-20-24(36-19-18-34-16-6-1-7-17-34)13-12-22(27)21-37-29-15-14-28(25-10-4-5-11-26(25)29)33-30(35)32-23-8-2-3-9-23/h4-5,10-15,20,23H,1-3,6-9,16-19,21H2,(H2,32,33,35). The highest BCUT2D eigenvalue weighted by Crippen LogP contribution is 2.32. The maximum Gasteiger partial charge on any atom is 0.319 e. The van der Waals surface area contributed by atoms with Gasteiger partial charge in [0, 0.05) is 35.0 Å². The van der Waals surface area contributed by atoms with Crippen LogP contribution in [0.4, 0.5) is 14.9 Å². The van der Waals surface area contributed by atoms with E-state index in [4.69, 9.17) is 9.47 Å². The van der Waals surface area contributed by atoms with E-state index in [1.54, 1.807) is 12.1 Å². The Morgan fingerprint density at radius 1 is 0.919 bits per heavy atom. The van der Waals surface area contributed by atoms with Crippen LogP contribution in [0.15, 0.2) is 54.6 Å². The van der Waals surface area contributed by atoms with Crippen molar-refractivity contribution in [1.29, 1.82) is 0 Å². The fourth-order valence-electron chi connectivity index (χ4n) is 5.29. The molecule has 0 aromatic heterocycles. The summed E-state index contributed by atoms with van der Waals surface area (Å²) >= 11 is 0. The predicted octanol–water partition coefficient (Wildman–Crippen LogP) is 6.49. The maximum atomic E-state index is 14.8. The summed E-state index contributed by atoms with van der Waals surface area (Å²) in [6.07, 6.45) is 8.18. The van der Waals surface area contributed by atoms with E-state index in [0.717, 1.165) is 61.8 Å². The molecule has 3 aromatic rings. The number of urea groups is 1. The molecule has 2 amide bonds. The molecule has 1 saturated heterocycles. The molecule has 196 valence electrons. The van der Waals surface area contributed by atoms with Crippen LogP contribution >= 0.6 is 0 Å². The largest absolute Gasteiger partial charge is 0.492 e. The number of piperidine rings is 1. The van der Waals surface area contributed by atoms with E-state index < -0.39 is 0 Å². The van der Waals surface area contributed by atoms with Gasteiger partial charge < -0.3 is 20.1 Å². The Hall–Kier alpha value is -3.32. The monoisotopic (exact) mass is 505 g/mol. The van der Waals surface area contributed by atoms with E-state index in [-0.39, 0.29) is 24.5 Å². The molecule has 1 aliphatic carbocycles. The number of anilines is 1. The lowest BCUT2D eigenvalue weighted by Gasteiger charge is -2.26. The molecule has 0 unspecified atom stereocenters. The molecule has 3 aromatic carbocycles. The molecule has 5 rings (SSSR count). The first-order valence-electron chi connectivity index (χ1n) is 13.5. The summed E-state index contributed by atoms with van der Waals surface area (Å²) in [6, 6.07) is 16.4. The number of nitrogens with one attached hydrogen (secondary N) is 2. The van der Waals surface area contributed by atoms with Crippen molar-refractivity contribution >= 4 is 22.5 Å². The van der Waals surface area contributed by atoms with Gasteiger partial charge in [0.15, 0.2) is 0 Å². The zero-order valence-electron chi connectivity index (χ0n) is 21.3. The summed E-state index contributed by atoms with van der Waals surface area (Å²) in [7, 11) is 0. The molecule has 1 aliphatic heterocycles. The third-order valence-electron chi connectivity index (χ3n) is 7.36. The minimum atomic E-state index is -0.346. The first kappa shape index (κ1) is 25.3. The average Bonchev–Trinajstić information content (AvgIpc) is 3.42. The minimum Gasteiger partial charge on any atom is -0.492 e. The Balaban J connectivity index is 1.19. The summed E-state index contributed by atoms with van der Waals surface area (Å²) in [6.45, 7) is 3.76. The van der Waals surface area contributed by atoms with Gasteiger partial charge in [0.05, 0.1) is 5.69 Å². The van der Waals surface area contributed by atoms with Crippen molar-refractivity contribution in [2.45, 2.75) is 57.6 Å². The van der Waals surface area contributed by atoms with E-state index in [1.807, 2.05) is 36.4 Å². The fourth-order valence-corrected chi connectivity index (χ4v) is 5.29. The van der Waals surface area contributed by atoms with Crippen LogP contribution in [-0.2, 0) is 6.61 Å². The van der Waals surface area contributed by atoms with Gasteiger partial charge in [-0.05, 0) is 63.0 Å². The van der Waals surface area contributed by atoms with Gasteiger partial charge >= 0.3 is 6.03 Å². The van der Waals surface area contributed by atoms with Crippen LogP contribution in [0, 0.1) is 5.82 Å². The second-order valence-corrected chi connectivity index (χ2v) is 10.0. The van der Waals surface area contributed by atoms with E-state index in [0.29, 0.717) is 23.7 Å². The van der Waals surface area contributed by atoms with E-state index in [1.165, 1.54) is 25.3 Å². The zero-order chi connectivity index (χ0) is 25.5.